The lowest BCUT2D eigenvalue weighted by atomic mass is 10.4. The van der Waals surface area contributed by atoms with Crippen LogP contribution in [0.25, 0.3) is 10.8 Å². The molecule has 94 valence electrons. The van der Waals surface area contributed by atoms with Crippen molar-refractivity contribution in [2.75, 3.05) is 6.54 Å². The van der Waals surface area contributed by atoms with E-state index >= 15 is 0 Å². The summed E-state index contributed by atoms with van der Waals surface area (Å²) in [6.07, 6.45) is 4.01. The largest absolute Gasteiger partial charge is 0.311 e. The molecule has 0 unspecified atom stereocenters. The highest BCUT2D eigenvalue weighted by atomic mass is 32.1. The average Bonchev–Trinajstić information content (AvgIpc) is 3.01. The SMILES string of the molecule is CCNCc1c(-n2ccc(C)n2)nc2sccn12. The zero-order valence-corrected chi connectivity index (χ0v) is 11.2. The normalized spacial score (nSPS) is 11.4. The van der Waals surface area contributed by atoms with Gasteiger partial charge in [-0.05, 0) is 19.5 Å². The van der Waals surface area contributed by atoms with Crippen LogP contribution in [0.1, 0.15) is 18.3 Å². The standard InChI is InChI=1S/C12H15N5S/c1-3-13-8-10-11(17-5-4-9(2)15-17)14-12-16(10)6-7-18-12/h4-7,13H,3,8H2,1-2H3. The van der Waals surface area contributed by atoms with Crippen molar-refractivity contribution in [2.24, 2.45) is 0 Å². The number of hydrogen-bond acceptors (Lipinski definition) is 4. The summed E-state index contributed by atoms with van der Waals surface area (Å²) in [5.74, 6) is 0.913. The molecule has 0 aromatic carbocycles. The number of nitrogens with zero attached hydrogens (tertiary/aromatic N) is 4. The third-order valence-electron chi connectivity index (χ3n) is 2.82. The Morgan fingerprint density at radius 1 is 1.39 bits per heavy atom. The first kappa shape index (κ1) is 11.4. The van der Waals surface area contributed by atoms with E-state index in [1.807, 2.05) is 23.9 Å². The molecule has 0 atom stereocenters. The van der Waals surface area contributed by atoms with Crippen molar-refractivity contribution in [3.8, 4) is 5.82 Å². The van der Waals surface area contributed by atoms with E-state index in [9.17, 15) is 0 Å². The Balaban J connectivity index is 2.12. The minimum atomic E-state index is 0.794. The van der Waals surface area contributed by atoms with E-state index in [-0.39, 0.29) is 0 Å². The summed E-state index contributed by atoms with van der Waals surface area (Å²) in [6, 6.07) is 1.99. The quantitative estimate of drug-likeness (QED) is 0.781. The van der Waals surface area contributed by atoms with Crippen molar-refractivity contribution >= 4 is 16.3 Å². The monoisotopic (exact) mass is 261 g/mol. The first-order valence-corrected chi connectivity index (χ1v) is 6.85. The third-order valence-corrected chi connectivity index (χ3v) is 3.58. The van der Waals surface area contributed by atoms with Crippen LogP contribution in [0.3, 0.4) is 0 Å². The maximum atomic E-state index is 4.65. The van der Waals surface area contributed by atoms with Crippen molar-refractivity contribution in [2.45, 2.75) is 20.4 Å². The molecule has 18 heavy (non-hydrogen) atoms. The molecule has 3 aromatic rings. The summed E-state index contributed by atoms with van der Waals surface area (Å²) in [5, 5.41) is 9.85. The van der Waals surface area contributed by atoms with Gasteiger partial charge in [0.15, 0.2) is 10.8 Å². The van der Waals surface area contributed by atoms with Crippen molar-refractivity contribution < 1.29 is 0 Å². The van der Waals surface area contributed by atoms with Gasteiger partial charge in [0.05, 0.1) is 11.4 Å². The van der Waals surface area contributed by atoms with Crippen LogP contribution in [0.5, 0.6) is 0 Å². The Kier molecular flexibility index (Phi) is 2.89. The fraction of sp³-hybridized carbons (Fsp3) is 0.333. The lowest BCUT2D eigenvalue weighted by Crippen LogP contribution is -2.15. The summed E-state index contributed by atoms with van der Waals surface area (Å²) >= 11 is 1.64. The zero-order valence-electron chi connectivity index (χ0n) is 10.4. The highest BCUT2D eigenvalue weighted by molar-refractivity contribution is 7.15. The van der Waals surface area contributed by atoms with Crippen molar-refractivity contribution in [3.63, 3.8) is 0 Å². The molecule has 1 N–H and O–H groups in total. The van der Waals surface area contributed by atoms with Gasteiger partial charge >= 0.3 is 0 Å². The summed E-state index contributed by atoms with van der Waals surface area (Å²) in [6.45, 7) is 5.82. The zero-order chi connectivity index (χ0) is 12.5. The Hall–Kier alpha value is -1.66. The number of aryl methyl sites for hydroxylation is 1. The van der Waals surface area contributed by atoms with Crippen LogP contribution in [0.4, 0.5) is 0 Å². The molecular weight excluding hydrogens is 246 g/mol. The van der Waals surface area contributed by atoms with E-state index in [0.29, 0.717) is 0 Å². The van der Waals surface area contributed by atoms with Crippen molar-refractivity contribution in [3.05, 3.63) is 35.2 Å². The molecule has 6 heteroatoms. The summed E-state index contributed by atoms with van der Waals surface area (Å²) in [7, 11) is 0. The van der Waals surface area contributed by atoms with Gasteiger partial charge in [-0.15, -0.1) is 11.3 Å². The molecule has 5 nitrogen and oxygen atoms in total. The molecule has 3 heterocycles. The molecule has 3 aromatic heterocycles. The minimum Gasteiger partial charge on any atom is -0.311 e. The second-order valence-corrected chi connectivity index (χ2v) is 4.99. The van der Waals surface area contributed by atoms with Gasteiger partial charge in [0.1, 0.15) is 0 Å². The second-order valence-electron chi connectivity index (χ2n) is 4.12. The minimum absolute atomic E-state index is 0.794. The van der Waals surface area contributed by atoms with E-state index < -0.39 is 0 Å². The molecule has 0 aliphatic heterocycles. The molecule has 3 rings (SSSR count). The molecule has 0 saturated carbocycles. The predicted molar refractivity (Wildman–Crippen MR) is 72.3 cm³/mol. The Morgan fingerprint density at radius 3 is 3.00 bits per heavy atom. The molecule has 0 saturated heterocycles. The average molecular weight is 261 g/mol. The molecule has 0 bridgehead atoms. The van der Waals surface area contributed by atoms with Crippen LogP contribution in [-0.4, -0.2) is 25.7 Å². The lowest BCUT2D eigenvalue weighted by Gasteiger charge is -2.04. The molecule has 0 radical (unpaired) electrons. The molecule has 0 aliphatic rings. The van der Waals surface area contributed by atoms with Gasteiger partial charge in [-0.3, -0.25) is 4.40 Å². The van der Waals surface area contributed by atoms with Gasteiger partial charge in [0.25, 0.3) is 0 Å². The van der Waals surface area contributed by atoms with Gasteiger partial charge in [0, 0.05) is 24.3 Å². The fourth-order valence-electron chi connectivity index (χ4n) is 1.95. The number of thiazole rings is 1. The van der Waals surface area contributed by atoms with Gasteiger partial charge in [-0.2, -0.15) is 10.1 Å². The summed E-state index contributed by atoms with van der Waals surface area (Å²) in [4.78, 5) is 5.66. The van der Waals surface area contributed by atoms with Gasteiger partial charge in [-0.25, -0.2) is 4.68 Å². The Morgan fingerprint density at radius 2 is 2.28 bits per heavy atom. The highest BCUT2D eigenvalue weighted by Gasteiger charge is 2.14. The van der Waals surface area contributed by atoms with Gasteiger partial charge in [-0.1, -0.05) is 6.92 Å². The van der Waals surface area contributed by atoms with Crippen molar-refractivity contribution in [1.29, 1.82) is 0 Å². The summed E-state index contributed by atoms with van der Waals surface area (Å²) < 4.78 is 3.97. The molecule has 0 spiro atoms. The second kappa shape index (κ2) is 4.55. The van der Waals surface area contributed by atoms with E-state index in [4.69, 9.17) is 0 Å². The smallest absolute Gasteiger partial charge is 0.196 e. The lowest BCUT2D eigenvalue weighted by molar-refractivity contribution is 0.694. The number of rotatable bonds is 4. The van der Waals surface area contributed by atoms with Crippen LogP contribution in [0.15, 0.2) is 23.8 Å². The van der Waals surface area contributed by atoms with Crippen molar-refractivity contribution in [1.82, 2.24) is 24.5 Å². The van der Waals surface area contributed by atoms with E-state index in [0.717, 1.165) is 35.3 Å². The van der Waals surface area contributed by atoms with E-state index in [1.165, 1.54) is 0 Å². The predicted octanol–water partition coefficient (Wildman–Crippen LogP) is 2.00. The molecular formula is C12H15N5S. The van der Waals surface area contributed by atoms with E-state index in [2.05, 4.69) is 38.3 Å². The van der Waals surface area contributed by atoms with E-state index in [1.54, 1.807) is 11.3 Å². The number of nitrogens with one attached hydrogen (secondary N) is 1. The first-order valence-electron chi connectivity index (χ1n) is 5.97. The van der Waals surface area contributed by atoms with Crippen LogP contribution in [0, 0.1) is 6.92 Å². The molecule has 0 amide bonds. The first-order chi connectivity index (χ1) is 8.79. The molecule has 0 fully saturated rings. The van der Waals surface area contributed by atoms with Crippen LogP contribution in [-0.2, 0) is 6.54 Å². The van der Waals surface area contributed by atoms with Gasteiger partial charge < -0.3 is 5.32 Å². The number of aromatic nitrogens is 4. The highest BCUT2D eigenvalue weighted by Crippen LogP contribution is 2.20. The Labute approximate surface area is 109 Å². The fourth-order valence-corrected chi connectivity index (χ4v) is 2.67. The topological polar surface area (TPSA) is 47.2 Å². The van der Waals surface area contributed by atoms with Crippen LogP contribution < -0.4 is 5.32 Å². The summed E-state index contributed by atoms with van der Waals surface area (Å²) in [5.41, 5.74) is 2.15. The van der Waals surface area contributed by atoms with Crippen LogP contribution in [0.2, 0.25) is 0 Å². The van der Waals surface area contributed by atoms with Crippen LogP contribution >= 0.6 is 11.3 Å². The Bertz CT molecular complexity index is 663. The number of fused-ring (bicyclic) bond motifs is 1. The maximum Gasteiger partial charge on any atom is 0.196 e. The third kappa shape index (κ3) is 1.83. The molecule has 0 aliphatic carbocycles. The van der Waals surface area contributed by atoms with Gasteiger partial charge in [0.2, 0.25) is 0 Å². The number of hydrogen-bond donors (Lipinski definition) is 1. The number of imidazole rings is 1. The maximum absolute atomic E-state index is 4.65.